The van der Waals surface area contributed by atoms with Crippen molar-refractivity contribution in [3.8, 4) is 0 Å². The fourth-order valence-electron chi connectivity index (χ4n) is 5.54. The molecule has 2 heterocycles. The summed E-state index contributed by atoms with van der Waals surface area (Å²) in [6.07, 6.45) is 2.69. The molecule has 2 N–H and O–H groups in total. The van der Waals surface area contributed by atoms with E-state index in [0.29, 0.717) is 24.2 Å². The Hall–Kier alpha value is -1.64. The number of hydrogen-bond acceptors (Lipinski definition) is 8. The molecule has 2 unspecified atom stereocenters. The van der Waals surface area contributed by atoms with Gasteiger partial charge in [0, 0.05) is 13.1 Å². The van der Waals surface area contributed by atoms with Crippen molar-refractivity contribution in [2.45, 2.75) is 35.0 Å². The van der Waals surface area contributed by atoms with Gasteiger partial charge in [0.1, 0.15) is 20.2 Å². The predicted molar refractivity (Wildman–Crippen MR) is 148 cm³/mol. The Morgan fingerprint density at radius 1 is 0.595 bits per heavy atom. The molecular formula is C30H24N2Na2O6S2. The van der Waals surface area contributed by atoms with Gasteiger partial charge in [-0.1, -0.05) is 84.9 Å². The molecule has 2 atom stereocenters. The monoisotopic (exact) mass is 618 g/mol. The van der Waals surface area contributed by atoms with Gasteiger partial charge >= 0.3 is 59.1 Å². The third kappa shape index (κ3) is 6.71. The largest absolute Gasteiger partial charge is 1.00 e. The van der Waals surface area contributed by atoms with Gasteiger partial charge in [0.25, 0.3) is 0 Å². The SMILES string of the molecule is O=S(=O)([O-])c1cc(C2NCc3ccccc32)ccc1C=Cc1ccc(C2NCc3ccccc32)cc1S(=O)(=O)[O-].[Na+].[Na+]. The molecule has 204 valence electrons. The summed E-state index contributed by atoms with van der Waals surface area (Å²) in [5.41, 5.74) is 5.61. The molecule has 0 radical (unpaired) electrons. The summed E-state index contributed by atoms with van der Waals surface area (Å²) in [6, 6.07) is 24.2. The molecule has 42 heavy (non-hydrogen) atoms. The van der Waals surface area contributed by atoms with E-state index < -0.39 is 30.0 Å². The van der Waals surface area contributed by atoms with E-state index in [0.717, 1.165) is 22.3 Å². The first-order chi connectivity index (χ1) is 19.1. The summed E-state index contributed by atoms with van der Waals surface area (Å²) in [4.78, 5) is -0.857. The fraction of sp³-hybridized carbons (Fsp3) is 0.133. The Bertz CT molecular complexity index is 1760. The van der Waals surface area contributed by atoms with Gasteiger partial charge in [0.05, 0.1) is 21.9 Å². The summed E-state index contributed by atoms with van der Waals surface area (Å²) in [6.45, 7) is 1.23. The second-order valence-electron chi connectivity index (χ2n) is 9.86. The van der Waals surface area contributed by atoms with Crippen LogP contribution in [0.2, 0.25) is 0 Å². The predicted octanol–water partition coefficient (Wildman–Crippen LogP) is -1.94. The summed E-state index contributed by atoms with van der Waals surface area (Å²) < 4.78 is 73.4. The first-order valence-electron chi connectivity index (χ1n) is 12.6. The molecule has 2 aliphatic heterocycles. The van der Waals surface area contributed by atoms with E-state index in [2.05, 4.69) is 10.6 Å². The Labute approximate surface area is 289 Å². The van der Waals surface area contributed by atoms with Gasteiger partial charge in [-0.3, -0.25) is 0 Å². The maximum Gasteiger partial charge on any atom is 1.00 e. The van der Waals surface area contributed by atoms with Crippen LogP contribution in [0.1, 0.15) is 56.6 Å². The van der Waals surface area contributed by atoms with E-state index in [9.17, 15) is 25.9 Å². The average molecular weight is 619 g/mol. The van der Waals surface area contributed by atoms with Crippen molar-refractivity contribution >= 4 is 32.4 Å². The number of nitrogens with one attached hydrogen (secondary N) is 2. The minimum atomic E-state index is -4.87. The molecule has 0 aliphatic carbocycles. The van der Waals surface area contributed by atoms with Gasteiger partial charge in [-0.2, -0.15) is 0 Å². The molecule has 2 aliphatic rings. The number of hydrogen-bond donors (Lipinski definition) is 2. The third-order valence-corrected chi connectivity index (χ3v) is 9.23. The van der Waals surface area contributed by atoms with Gasteiger partial charge in [-0.25, -0.2) is 16.8 Å². The van der Waals surface area contributed by atoms with Crippen LogP contribution in [0.3, 0.4) is 0 Å². The van der Waals surface area contributed by atoms with Crippen LogP contribution in [0.4, 0.5) is 0 Å². The zero-order valence-electron chi connectivity index (χ0n) is 23.1. The van der Waals surface area contributed by atoms with Crippen LogP contribution < -0.4 is 69.7 Å². The molecule has 4 aromatic carbocycles. The molecule has 0 saturated heterocycles. The molecule has 6 rings (SSSR count). The number of fused-ring (bicyclic) bond motifs is 2. The Morgan fingerprint density at radius 2 is 0.976 bits per heavy atom. The topological polar surface area (TPSA) is 138 Å². The van der Waals surface area contributed by atoms with Crippen molar-refractivity contribution in [2.75, 3.05) is 0 Å². The standard InChI is InChI=1S/C30H26N2O6S2.2Na/c33-39(34,35)27-15-21(29-25-7-3-1-5-23(25)17-31-29)13-11-19(27)9-10-20-12-14-22(16-28(20)40(36,37)38)30-26-8-4-2-6-24(26)18-32-30;;/h1-16,29-32H,17-18H2,(H,33,34,35)(H,36,37,38);;/q;2*+1/p-2. The molecular weight excluding hydrogens is 594 g/mol. The first-order valence-corrected chi connectivity index (χ1v) is 15.4. The minimum Gasteiger partial charge on any atom is -0.744 e. The molecule has 8 nitrogen and oxygen atoms in total. The van der Waals surface area contributed by atoms with Crippen LogP contribution in [0, 0.1) is 0 Å². The van der Waals surface area contributed by atoms with E-state index in [1.165, 1.54) is 36.4 Å². The van der Waals surface area contributed by atoms with Gasteiger partial charge in [0.15, 0.2) is 0 Å². The van der Waals surface area contributed by atoms with Gasteiger partial charge in [-0.15, -0.1) is 0 Å². The van der Waals surface area contributed by atoms with Crippen LogP contribution >= 0.6 is 0 Å². The smallest absolute Gasteiger partial charge is 0.744 e. The zero-order valence-corrected chi connectivity index (χ0v) is 28.7. The summed E-state index contributed by atoms with van der Waals surface area (Å²) >= 11 is 0. The van der Waals surface area contributed by atoms with Crippen molar-refractivity contribution in [3.63, 3.8) is 0 Å². The minimum absolute atomic E-state index is 0. The summed E-state index contributed by atoms with van der Waals surface area (Å²) in [5, 5.41) is 6.66. The van der Waals surface area contributed by atoms with Crippen LogP contribution in [-0.2, 0) is 33.3 Å². The van der Waals surface area contributed by atoms with Crippen LogP contribution in [0.5, 0.6) is 0 Å². The Morgan fingerprint density at radius 3 is 1.36 bits per heavy atom. The number of benzene rings is 4. The maximum absolute atomic E-state index is 12.2. The number of rotatable bonds is 6. The normalized spacial score (nSPS) is 17.8. The summed E-state index contributed by atoms with van der Waals surface area (Å²) in [5.74, 6) is 0. The van der Waals surface area contributed by atoms with Crippen LogP contribution in [0.25, 0.3) is 12.2 Å². The van der Waals surface area contributed by atoms with E-state index >= 15 is 0 Å². The van der Waals surface area contributed by atoms with E-state index in [1.807, 2.05) is 48.5 Å². The molecule has 0 bridgehead atoms. The second-order valence-corrected chi connectivity index (χ2v) is 12.6. The first kappa shape index (κ1) is 33.3. The average Bonchev–Trinajstić information content (AvgIpc) is 3.55. The third-order valence-electron chi connectivity index (χ3n) is 7.45. The van der Waals surface area contributed by atoms with Gasteiger partial charge in [-0.05, 0) is 56.6 Å². The van der Waals surface area contributed by atoms with Crippen molar-refractivity contribution < 1.29 is 85.1 Å². The van der Waals surface area contributed by atoms with E-state index in [-0.39, 0.29) is 82.3 Å². The van der Waals surface area contributed by atoms with Crippen LogP contribution in [-0.4, -0.2) is 25.9 Å². The van der Waals surface area contributed by atoms with Crippen molar-refractivity contribution in [3.05, 3.63) is 129 Å². The molecule has 0 aromatic heterocycles. The van der Waals surface area contributed by atoms with Crippen molar-refractivity contribution in [1.82, 2.24) is 10.6 Å². The van der Waals surface area contributed by atoms with E-state index in [1.54, 1.807) is 12.1 Å². The molecule has 0 fully saturated rings. The Kier molecular flexibility index (Phi) is 10.4. The van der Waals surface area contributed by atoms with Gasteiger partial charge < -0.3 is 19.7 Å². The quantitative estimate of drug-likeness (QED) is 0.145. The molecule has 0 spiro atoms. The molecule has 4 aromatic rings. The maximum atomic E-state index is 12.2. The second kappa shape index (κ2) is 13.2. The summed E-state index contributed by atoms with van der Waals surface area (Å²) in [7, 11) is -9.74. The van der Waals surface area contributed by atoms with Crippen molar-refractivity contribution in [1.29, 1.82) is 0 Å². The molecule has 0 saturated carbocycles. The van der Waals surface area contributed by atoms with Gasteiger partial charge in [0.2, 0.25) is 0 Å². The van der Waals surface area contributed by atoms with Crippen molar-refractivity contribution in [2.24, 2.45) is 0 Å². The van der Waals surface area contributed by atoms with E-state index in [4.69, 9.17) is 0 Å². The molecule has 0 amide bonds. The Balaban J connectivity index is 0.00000202. The zero-order chi connectivity index (χ0) is 28.1. The molecule has 12 heteroatoms. The van der Waals surface area contributed by atoms with Crippen LogP contribution in [0.15, 0.2) is 94.7 Å². The fourth-order valence-corrected chi connectivity index (χ4v) is 6.95.